The number of thiazole rings is 1. The van der Waals surface area contributed by atoms with E-state index in [0.717, 1.165) is 32.3 Å². The summed E-state index contributed by atoms with van der Waals surface area (Å²) in [6.45, 7) is 0.430. The Morgan fingerprint density at radius 1 is 1.12 bits per heavy atom. The summed E-state index contributed by atoms with van der Waals surface area (Å²) in [5, 5.41) is 12.1. The topological polar surface area (TPSA) is 79.6 Å². The average Bonchev–Trinajstić information content (AvgIpc) is 3.27. The number of carbonyl (C=O) groups is 1. The summed E-state index contributed by atoms with van der Waals surface area (Å²) in [5.74, 6) is -0.0736. The zero-order chi connectivity index (χ0) is 17.1. The van der Waals surface area contributed by atoms with Crippen molar-refractivity contribution in [1.29, 1.82) is 0 Å². The quantitative estimate of drug-likeness (QED) is 0.769. The van der Waals surface area contributed by atoms with Gasteiger partial charge in [0.2, 0.25) is 5.91 Å². The lowest BCUT2D eigenvalue weighted by Crippen LogP contribution is -2.25. The molecule has 0 unspecified atom stereocenters. The smallest absolute Gasteiger partial charge is 0.226 e. The molecule has 0 radical (unpaired) electrons. The molecule has 1 aromatic carbocycles. The largest absolute Gasteiger partial charge is 0.349 e. The van der Waals surface area contributed by atoms with Crippen molar-refractivity contribution in [2.24, 2.45) is 10.2 Å². The van der Waals surface area contributed by atoms with Crippen LogP contribution in [0.15, 0.2) is 58.9 Å². The highest BCUT2D eigenvalue weighted by Gasteiger charge is 2.18. The molecule has 0 aliphatic carbocycles. The van der Waals surface area contributed by atoms with E-state index in [1.807, 2.05) is 42.5 Å². The number of amides is 1. The average molecular weight is 349 g/mol. The van der Waals surface area contributed by atoms with Gasteiger partial charge in [-0.15, -0.1) is 11.3 Å². The Kier molecular flexibility index (Phi) is 4.30. The van der Waals surface area contributed by atoms with Crippen molar-refractivity contribution in [3.8, 4) is 0 Å². The minimum absolute atomic E-state index is 0.0736. The Bertz CT molecular complexity index is 944. The minimum atomic E-state index is -0.0736. The van der Waals surface area contributed by atoms with Crippen molar-refractivity contribution in [3.63, 3.8) is 0 Å². The van der Waals surface area contributed by atoms with E-state index in [9.17, 15) is 4.79 Å². The first-order valence-electron chi connectivity index (χ1n) is 7.93. The maximum atomic E-state index is 12.1. The van der Waals surface area contributed by atoms with E-state index in [-0.39, 0.29) is 12.3 Å². The van der Waals surface area contributed by atoms with Gasteiger partial charge in [-0.05, 0) is 24.3 Å². The molecule has 3 aromatic rings. The van der Waals surface area contributed by atoms with Gasteiger partial charge in [0.05, 0.1) is 40.3 Å². The Morgan fingerprint density at radius 2 is 2.00 bits per heavy atom. The Balaban J connectivity index is 1.30. The van der Waals surface area contributed by atoms with Crippen molar-refractivity contribution in [1.82, 2.24) is 15.3 Å². The first-order chi connectivity index (χ1) is 12.3. The second kappa shape index (κ2) is 6.90. The van der Waals surface area contributed by atoms with E-state index < -0.39 is 0 Å². The van der Waals surface area contributed by atoms with Crippen LogP contribution in [0.4, 0.5) is 0 Å². The monoisotopic (exact) mass is 349 g/mol. The molecule has 1 aliphatic heterocycles. The summed E-state index contributed by atoms with van der Waals surface area (Å²) in [7, 11) is 0. The van der Waals surface area contributed by atoms with Gasteiger partial charge < -0.3 is 5.32 Å². The fourth-order valence-electron chi connectivity index (χ4n) is 2.59. The van der Waals surface area contributed by atoms with Gasteiger partial charge in [-0.3, -0.25) is 9.78 Å². The van der Waals surface area contributed by atoms with Crippen LogP contribution >= 0.6 is 11.3 Å². The molecule has 1 amide bonds. The van der Waals surface area contributed by atoms with Gasteiger partial charge >= 0.3 is 0 Å². The van der Waals surface area contributed by atoms with Gasteiger partial charge in [-0.25, -0.2) is 4.98 Å². The van der Waals surface area contributed by atoms with E-state index in [0.29, 0.717) is 13.0 Å². The molecular weight excluding hydrogens is 334 g/mol. The summed E-state index contributed by atoms with van der Waals surface area (Å²) in [4.78, 5) is 20.9. The van der Waals surface area contributed by atoms with Gasteiger partial charge in [-0.1, -0.05) is 18.2 Å². The Labute approximate surface area is 148 Å². The first kappa shape index (κ1) is 15.6. The molecule has 124 valence electrons. The highest BCUT2D eigenvalue weighted by atomic mass is 32.1. The number of nitrogens with one attached hydrogen (secondary N) is 1. The predicted octanol–water partition coefficient (Wildman–Crippen LogP) is 2.95. The number of aromatic nitrogens is 2. The first-order valence-corrected chi connectivity index (χ1v) is 8.74. The molecule has 7 heteroatoms. The van der Waals surface area contributed by atoms with Crippen molar-refractivity contribution in [2.75, 3.05) is 0 Å². The van der Waals surface area contributed by atoms with Crippen LogP contribution in [0.25, 0.3) is 10.2 Å². The molecule has 4 rings (SSSR count). The third-order valence-corrected chi connectivity index (χ3v) is 4.82. The van der Waals surface area contributed by atoms with Crippen LogP contribution in [-0.4, -0.2) is 27.3 Å². The maximum Gasteiger partial charge on any atom is 0.226 e. The van der Waals surface area contributed by atoms with Crippen LogP contribution in [0.3, 0.4) is 0 Å². The van der Waals surface area contributed by atoms with Crippen LogP contribution in [0.5, 0.6) is 0 Å². The second-order valence-electron chi connectivity index (χ2n) is 5.63. The van der Waals surface area contributed by atoms with Crippen LogP contribution < -0.4 is 5.32 Å². The Hall–Kier alpha value is -2.93. The van der Waals surface area contributed by atoms with Gasteiger partial charge in [0, 0.05) is 12.6 Å². The van der Waals surface area contributed by atoms with Crippen molar-refractivity contribution in [2.45, 2.75) is 19.4 Å². The summed E-state index contributed by atoms with van der Waals surface area (Å²) in [6, 6.07) is 13.6. The summed E-state index contributed by atoms with van der Waals surface area (Å²) in [5.41, 5.74) is 3.32. The van der Waals surface area contributed by atoms with E-state index in [2.05, 4.69) is 25.5 Å². The molecule has 1 N–H and O–H groups in total. The van der Waals surface area contributed by atoms with Crippen molar-refractivity contribution < 1.29 is 4.79 Å². The number of hydrogen-bond acceptors (Lipinski definition) is 6. The molecule has 0 saturated heterocycles. The zero-order valence-electron chi connectivity index (χ0n) is 13.3. The van der Waals surface area contributed by atoms with Crippen LogP contribution in [0.2, 0.25) is 0 Å². The van der Waals surface area contributed by atoms with E-state index in [1.165, 1.54) is 0 Å². The molecule has 6 nitrogen and oxygen atoms in total. The number of nitrogens with zero attached hydrogens (tertiary/aromatic N) is 4. The summed E-state index contributed by atoms with van der Waals surface area (Å²) in [6.07, 6.45) is 2.52. The molecule has 0 bridgehead atoms. The highest BCUT2D eigenvalue weighted by Crippen LogP contribution is 2.21. The highest BCUT2D eigenvalue weighted by molar-refractivity contribution is 7.18. The van der Waals surface area contributed by atoms with Gasteiger partial charge in [0.1, 0.15) is 5.01 Å². The SMILES string of the molecule is O=C(CC1=NN=C(c2ccccn2)C1)NCc1nc2ccccc2s1. The number of fused-ring (bicyclic) bond motifs is 1. The zero-order valence-corrected chi connectivity index (χ0v) is 14.2. The molecule has 25 heavy (non-hydrogen) atoms. The lowest BCUT2D eigenvalue weighted by atomic mass is 10.1. The number of pyridine rings is 1. The van der Waals surface area contributed by atoms with Crippen LogP contribution in [0, 0.1) is 0 Å². The lowest BCUT2D eigenvalue weighted by molar-refractivity contribution is -0.120. The number of rotatable bonds is 5. The number of benzene rings is 1. The third-order valence-electron chi connectivity index (χ3n) is 3.78. The standard InChI is InChI=1S/C18H15N5OS/c24-17(20-11-18-21-14-6-1-2-7-16(14)25-18)10-12-9-15(23-22-12)13-5-3-4-8-19-13/h1-8H,9-11H2,(H,20,24). The van der Waals surface area contributed by atoms with Crippen molar-refractivity contribution >= 4 is 38.9 Å². The molecule has 0 atom stereocenters. The lowest BCUT2D eigenvalue weighted by Gasteiger charge is -2.03. The number of carbonyl (C=O) groups excluding carboxylic acids is 1. The molecule has 0 spiro atoms. The predicted molar refractivity (Wildman–Crippen MR) is 98.9 cm³/mol. The van der Waals surface area contributed by atoms with Gasteiger partial charge in [0.15, 0.2) is 0 Å². The summed E-state index contributed by atoms with van der Waals surface area (Å²) < 4.78 is 1.13. The fourth-order valence-corrected chi connectivity index (χ4v) is 3.49. The molecule has 1 aliphatic rings. The number of hydrogen-bond donors (Lipinski definition) is 1. The molecular formula is C18H15N5OS. The Morgan fingerprint density at radius 3 is 2.84 bits per heavy atom. The van der Waals surface area contributed by atoms with Gasteiger partial charge in [-0.2, -0.15) is 10.2 Å². The van der Waals surface area contributed by atoms with Crippen LogP contribution in [0.1, 0.15) is 23.5 Å². The minimum Gasteiger partial charge on any atom is -0.349 e. The van der Waals surface area contributed by atoms with E-state index >= 15 is 0 Å². The summed E-state index contributed by atoms with van der Waals surface area (Å²) >= 11 is 1.59. The number of para-hydroxylation sites is 1. The third kappa shape index (κ3) is 3.61. The van der Waals surface area contributed by atoms with Crippen LogP contribution in [-0.2, 0) is 11.3 Å². The molecule has 3 heterocycles. The van der Waals surface area contributed by atoms with Gasteiger partial charge in [0.25, 0.3) is 0 Å². The molecule has 0 saturated carbocycles. The fraction of sp³-hybridized carbons (Fsp3) is 0.167. The maximum absolute atomic E-state index is 12.1. The molecule has 0 fully saturated rings. The van der Waals surface area contributed by atoms with E-state index in [1.54, 1.807) is 17.5 Å². The molecule has 2 aromatic heterocycles. The second-order valence-corrected chi connectivity index (χ2v) is 6.75. The normalized spacial score (nSPS) is 13.6. The van der Waals surface area contributed by atoms with E-state index in [4.69, 9.17) is 0 Å². The van der Waals surface area contributed by atoms with Crippen molar-refractivity contribution in [3.05, 3.63) is 59.4 Å².